The number of piperidine rings is 1. The average molecular weight is 467 g/mol. The van der Waals surface area contributed by atoms with Crippen molar-refractivity contribution in [3.8, 4) is 0 Å². The van der Waals surface area contributed by atoms with Crippen molar-refractivity contribution in [1.82, 2.24) is 9.62 Å². The van der Waals surface area contributed by atoms with Gasteiger partial charge in [-0.2, -0.15) is 4.31 Å². The van der Waals surface area contributed by atoms with Gasteiger partial charge in [0.2, 0.25) is 15.9 Å². The van der Waals surface area contributed by atoms with E-state index in [0.29, 0.717) is 36.6 Å². The molecule has 1 fully saturated rings. The van der Waals surface area contributed by atoms with Gasteiger partial charge in [0.05, 0.1) is 11.2 Å². The van der Waals surface area contributed by atoms with Crippen LogP contribution in [0.1, 0.15) is 46.9 Å². The van der Waals surface area contributed by atoms with Gasteiger partial charge < -0.3 is 9.73 Å². The molecule has 7 heteroatoms. The predicted molar refractivity (Wildman–Crippen MR) is 127 cm³/mol. The highest BCUT2D eigenvalue weighted by Crippen LogP contribution is 2.30. The molecule has 1 aliphatic rings. The van der Waals surface area contributed by atoms with Crippen LogP contribution >= 0.6 is 0 Å². The maximum Gasteiger partial charge on any atom is 0.243 e. The second-order valence-electron chi connectivity index (χ2n) is 8.77. The summed E-state index contributed by atoms with van der Waals surface area (Å²) in [5.74, 6) is 0.331. The van der Waals surface area contributed by atoms with Gasteiger partial charge in [0.15, 0.2) is 0 Å². The fourth-order valence-corrected chi connectivity index (χ4v) is 6.62. The lowest BCUT2D eigenvalue weighted by Crippen LogP contribution is -2.44. The minimum atomic E-state index is -3.60. The monoisotopic (exact) mass is 466 g/mol. The number of benzene rings is 2. The van der Waals surface area contributed by atoms with Crippen molar-refractivity contribution in [1.29, 1.82) is 0 Å². The second-order valence-corrected chi connectivity index (χ2v) is 10.6. The van der Waals surface area contributed by atoms with Crippen molar-refractivity contribution < 1.29 is 17.6 Å². The Morgan fingerprint density at radius 3 is 2.21 bits per heavy atom. The Hall–Kier alpha value is -2.90. The molecule has 1 unspecified atom stereocenters. The molecule has 4 rings (SSSR count). The van der Waals surface area contributed by atoms with E-state index >= 15 is 0 Å². The molecular weight excluding hydrogens is 436 g/mol. The van der Waals surface area contributed by atoms with Crippen molar-refractivity contribution in [2.24, 2.45) is 5.92 Å². The molecule has 1 amide bonds. The van der Waals surface area contributed by atoms with E-state index in [1.54, 1.807) is 12.3 Å². The summed E-state index contributed by atoms with van der Waals surface area (Å²) in [6, 6.07) is 16.8. The molecule has 6 nitrogen and oxygen atoms in total. The summed E-state index contributed by atoms with van der Waals surface area (Å²) in [5.41, 5.74) is 3.50. The lowest BCUT2D eigenvalue weighted by Gasteiger charge is -2.32. The molecule has 0 radical (unpaired) electrons. The highest BCUT2D eigenvalue weighted by atomic mass is 32.2. The lowest BCUT2D eigenvalue weighted by molar-refractivity contribution is -0.126. The number of carbonyl (C=O) groups excluding carboxylic acids is 1. The second kappa shape index (κ2) is 9.53. The van der Waals surface area contributed by atoms with Crippen LogP contribution in [0.15, 0.2) is 70.2 Å². The topological polar surface area (TPSA) is 79.6 Å². The standard InChI is InChI=1S/C26H30N2O4S/c1-18-16-19(2)25(20(3)17-18)33(30,31)28-13-11-22(12-14-28)26(29)27-24(23-10-7-15-32-23)21-8-5-4-6-9-21/h4-10,15-17,22,24H,11-14H2,1-3H3,(H,27,29). The third-order valence-electron chi connectivity index (χ3n) is 6.27. The highest BCUT2D eigenvalue weighted by molar-refractivity contribution is 7.89. The Balaban J connectivity index is 1.46. The predicted octanol–water partition coefficient (Wildman–Crippen LogP) is 4.51. The van der Waals surface area contributed by atoms with E-state index in [-0.39, 0.29) is 17.9 Å². The van der Waals surface area contributed by atoms with E-state index in [1.165, 1.54) is 4.31 Å². The first kappa shape index (κ1) is 23.3. The Morgan fingerprint density at radius 1 is 1.00 bits per heavy atom. The van der Waals surface area contributed by atoms with Crippen molar-refractivity contribution in [2.75, 3.05) is 13.1 Å². The minimum Gasteiger partial charge on any atom is -0.467 e. The first-order valence-electron chi connectivity index (χ1n) is 11.2. The summed E-state index contributed by atoms with van der Waals surface area (Å²) in [7, 11) is -3.60. The number of carbonyl (C=O) groups is 1. The van der Waals surface area contributed by atoms with Crippen LogP contribution < -0.4 is 5.32 Å². The number of rotatable bonds is 6. The zero-order valence-corrected chi connectivity index (χ0v) is 20.1. The summed E-state index contributed by atoms with van der Waals surface area (Å²) in [4.78, 5) is 13.5. The molecule has 174 valence electrons. The fourth-order valence-electron chi connectivity index (χ4n) is 4.74. The summed E-state index contributed by atoms with van der Waals surface area (Å²) in [5, 5.41) is 3.11. The van der Waals surface area contributed by atoms with E-state index in [2.05, 4.69) is 5.32 Å². The molecule has 1 atom stereocenters. The van der Waals surface area contributed by atoms with Gasteiger partial charge in [-0.15, -0.1) is 0 Å². The molecule has 1 saturated heterocycles. The molecule has 2 heterocycles. The van der Waals surface area contributed by atoms with Crippen LogP contribution in [-0.4, -0.2) is 31.7 Å². The van der Waals surface area contributed by atoms with Gasteiger partial charge in [0.1, 0.15) is 11.8 Å². The quantitative estimate of drug-likeness (QED) is 0.580. The van der Waals surface area contributed by atoms with E-state index < -0.39 is 10.0 Å². The Bertz CT molecular complexity index is 1190. The van der Waals surface area contributed by atoms with Crippen molar-refractivity contribution in [3.63, 3.8) is 0 Å². The lowest BCUT2D eigenvalue weighted by atomic mass is 9.95. The maximum atomic E-state index is 13.3. The fraction of sp³-hybridized carbons (Fsp3) is 0.346. The number of nitrogens with zero attached hydrogens (tertiary/aromatic N) is 1. The number of hydrogen-bond acceptors (Lipinski definition) is 4. The smallest absolute Gasteiger partial charge is 0.243 e. The molecular formula is C26H30N2O4S. The van der Waals surface area contributed by atoms with Crippen molar-refractivity contribution >= 4 is 15.9 Å². The van der Waals surface area contributed by atoms with Crippen LogP contribution in [0.25, 0.3) is 0 Å². The first-order chi connectivity index (χ1) is 15.8. The summed E-state index contributed by atoms with van der Waals surface area (Å²) >= 11 is 0. The highest BCUT2D eigenvalue weighted by Gasteiger charge is 2.34. The van der Waals surface area contributed by atoms with Gasteiger partial charge in [-0.05, 0) is 62.4 Å². The molecule has 3 aromatic rings. The number of aryl methyl sites for hydroxylation is 3. The zero-order valence-electron chi connectivity index (χ0n) is 19.2. The summed E-state index contributed by atoms with van der Waals surface area (Å²) < 4.78 is 33.8. The number of nitrogens with one attached hydrogen (secondary N) is 1. The Labute approximate surface area is 195 Å². The zero-order chi connectivity index (χ0) is 23.6. The molecule has 0 bridgehead atoms. The van der Waals surface area contributed by atoms with E-state index in [4.69, 9.17) is 4.42 Å². The molecule has 0 saturated carbocycles. The van der Waals surface area contributed by atoms with E-state index in [0.717, 1.165) is 22.3 Å². The molecule has 33 heavy (non-hydrogen) atoms. The van der Waals surface area contributed by atoms with Gasteiger partial charge in [0, 0.05) is 19.0 Å². The summed E-state index contributed by atoms with van der Waals surface area (Å²) in [6.45, 7) is 6.29. The first-order valence-corrected chi connectivity index (χ1v) is 12.7. The van der Waals surface area contributed by atoms with Crippen molar-refractivity contribution in [3.05, 3.63) is 88.9 Å². The molecule has 0 aliphatic carbocycles. The van der Waals surface area contributed by atoms with Crippen LogP contribution in [0.4, 0.5) is 0 Å². The molecule has 0 spiro atoms. The molecule has 1 aliphatic heterocycles. The SMILES string of the molecule is Cc1cc(C)c(S(=O)(=O)N2CCC(C(=O)NC(c3ccccc3)c3ccco3)CC2)c(C)c1. The number of furan rings is 1. The van der Waals surface area contributed by atoms with Gasteiger partial charge in [-0.1, -0.05) is 48.0 Å². The van der Waals surface area contributed by atoms with Gasteiger partial charge in [-0.25, -0.2) is 8.42 Å². The van der Waals surface area contributed by atoms with Crippen molar-refractivity contribution in [2.45, 2.75) is 44.6 Å². The van der Waals surface area contributed by atoms with Crippen LogP contribution in [0.2, 0.25) is 0 Å². The number of amides is 1. The third kappa shape index (κ3) is 4.89. The molecule has 1 N–H and O–H groups in total. The van der Waals surface area contributed by atoms with Crippen LogP contribution in [0, 0.1) is 26.7 Å². The van der Waals surface area contributed by atoms with Crippen LogP contribution in [0.5, 0.6) is 0 Å². The average Bonchev–Trinajstić information content (AvgIpc) is 3.31. The Kier molecular flexibility index (Phi) is 6.72. The van der Waals surface area contributed by atoms with Gasteiger partial charge in [0.25, 0.3) is 0 Å². The minimum absolute atomic E-state index is 0.0833. The van der Waals surface area contributed by atoms with Crippen LogP contribution in [-0.2, 0) is 14.8 Å². The Morgan fingerprint density at radius 2 is 1.64 bits per heavy atom. The van der Waals surface area contributed by atoms with Crippen LogP contribution in [0.3, 0.4) is 0 Å². The number of sulfonamides is 1. The van der Waals surface area contributed by atoms with Gasteiger partial charge >= 0.3 is 0 Å². The third-order valence-corrected chi connectivity index (χ3v) is 8.48. The van der Waals surface area contributed by atoms with E-state index in [9.17, 15) is 13.2 Å². The molecule has 2 aromatic carbocycles. The number of hydrogen-bond donors (Lipinski definition) is 1. The van der Waals surface area contributed by atoms with E-state index in [1.807, 2.05) is 69.3 Å². The maximum absolute atomic E-state index is 13.3. The molecule has 1 aromatic heterocycles. The largest absolute Gasteiger partial charge is 0.467 e. The van der Waals surface area contributed by atoms with Gasteiger partial charge in [-0.3, -0.25) is 4.79 Å². The normalized spacial score (nSPS) is 16.5. The summed E-state index contributed by atoms with van der Waals surface area (Å²) in [6.07, 6.45) is 2.55.